The van der Waals surface area contributed by atoms with Crippen LogP contribution < -0.4 is 5.32 Å². The molecule has 0 spiro atoms. The summed E-state index contributed by atoms with van der Waals surface area (Å²) in [6, 6.07) is 16.7. The molecule has 0 bridgehead atoms. The van der Waals surface area contributed by atoms with Crippen LogP contribution in [0.25, 0.3) is 22.2 Å². The van der Waals surface area contributed by atoms with Crippen LogP contribution >= 0.6 is 0 Å². The predicted molar refractivity (Wildman–Crippen MR) is 106 cm³/mol. The maximum atomic E-state index is 14.7. The fraction of sp³-hybridized carbons (Fsp3) is 0.174. The van der Waals surface area contributed by atoms with E-state index in [9.17, 15) is 8.78 Å². The Balaban J connectivity index is 1.35. The molecule has 0 fully saturated rings. The number of H-pyrrole nitrogens is 1. The highest BCUT2D eigenvalue weighted by Gasteiger charge is 2.21. The number of nitrogens with one attached hydrogen (secondary N) is 2. The highest BCUT2D eigenvalue weighted by Crippen LogP contribution is 2.29. The van der Waals surface area contributed by atoms with Crippen molar-refractivity contribution in [2.24, 2.45) is 0 Å². The van der Waals surface area contributed by atoms with E-state index in [1.807, 2.05) is 12.1 Å². The lowest BCUT2D eigenvalue weighted by atomic mass is 10.0. The van der Waals surface area contributed by atoms with Gasteiger partial charge in [-0.05, 0) is 59.4 Å². The molecule has 0 saturated carbocycles. The number of aromatic amines is 1. The molecule has 0 saturated heterocycles. The van der Waals surface area contributed by atoms with Gasteiger partial charge in [0.15, 0.2) is 0 Å². The van der Waals surface area contributed by atoms with Gasteiger partial charge in [0.25, 0.3) is 0 Å². The van der Waals surface area contributed by atoms with Crippen LogP contribution in [-0.2, 0) is 19.4 Å². The Labute approximate surface area is 161 Å². The summed E-state index contributed by atoms with van der Waals surface area (Å²) in [6.07, 6.45) is 3.46. The van der Waals surface area contributed by atoms with Gasteiger partial charge in [-0.25, -0.2) is 13.8 Å². The minimum atomic E-state index is -0.551. The van der Waals surface area contributed by atoms with Gasteiger partial charge in [0.1, 0.15) is 11.6 Å². The van der Waals surface area contributed by atoms with Crippen molar-refractivity contribution in [2.75, 3.05) is 0 Å². The van der Waals surface area contributed by atoms with E-state index < -0.39 is 11.6 Å². The van der Waals surface area contributed by atoms with Crippen LogP contribution in [0.4, 0.5) is 8.78 Å². The summed E-state index contributed by atoms with van der Waals surface area (Å²) in [6.45, 7) is 0.437. The summed E-state index contributed by atoms with van der Waals surface area (Å²) in [7, 11) is 0. The number of imidazole rings is 1. The Morgan fingerprint density at radius 1 is 0.964 bits per heavy atom. The van der Waals surface area contributed by atoms with Gasteiger partial charge in [-0.15, -0.1) is 0 Å². The first-order valence-corrected chi connectivity index (χ1v) is 9.39. The lowest BCUT2D eigenvalue weighted by Crippen LogP contribution is -2.29. The first-order chi connectivity index (χ1) is 13.7. The molecule has 3 nitrogen and oxygen atoms in total. The molecule has 2 N–H and O–H groups in total. The van der Waals surface area contributed by atoms with Crippen LogP contribution in [0.1, 0.15) is 16.7 Å². The highest BCUT2D eigenvalue weighted by molar-refractivity contribution is 5.81. The van der Waals surface area contributed by atoms with Gasteiger partial charge in [-0.2, -0.15) is 0 Å². The van der Waals surface area contributed by atoms with Gasteiger partial charge in [0.05, 0.1) is 22.9 Å². The third-order valence-electron chi connectivity index (χ3n) is 5.46. The highest BCUT2D eigenvalue weighted by atomic mass is 19.1. The second-order valence-electron chi connectivity index (χ2n) is 7.32. The van der Waals surface area contributed by atoms with E-state index in [1.165, 1.54) is 23.3 Å². The minimum Gasteiger partial charge on any atom is -0.345 e. The van der Waals surface area contributed by atoms with Crippen LogP contribution in [0.3, 0.4) is 0 Å². The summed E-state index contributed by atoms with van der Waals surface area (Å²) >= 11 is 0. The standard InChI is InChI=1S/C23H19F2N3/c24-19-7-14(12-26-18-9-15-3-1-2-4-16(15)10-18)8-20(25)23(19)17-5-6-21-22(11-17)28-13-27-21/h1-8,11,13,18,26H,9-10,12H2,(H,27,28). The van der Waals surface area contributed by atoms with E-state index >= 15 is 0 Å². The summed E-state index contributed by atoms with van der Waals surface area (Å²) in [5, 5.41) is 3.43. The van der Waals surface area contributed by atoms with Crippen molar-refractivity contribution < 1.29 is 8.78 Å². The number of benzene rings is 3. The fourth-order valence-electron chi connectivity index (χ4n) is 4.06. The van der Waals surface area contributed by atoms with Gasteiger partial charge < -0.3 is 10.3 Å². The summed E-state index contributed by atoms with van der Waals surface area (Å²) < 4.78 is 29.5. The smallest absolute Gasteiger partial charge is 0.134 e. The van der Waals surface area contributed by atoms with Crippen LogP contribution in [-0.4, -0.2) is 16.0 Å². The second-order valence-corrected chi connectivity index (χ2v) is 7.32. The van der Waals surface area contributed by atoms with Crippen LogP contribution in [0.2, 0.25) is 0 Å². The van der Waals surface area contributed by atoms with Crippen molar-refractivity contribution >= 4 is 11.0 Å². The molecular weight excluding hydrogens is 356 g/mol. The van der Waals surface area contributed by atoms with Crippen molar-refractivity contribution in [1.29, 1.82) is 0 Å². The topological polar surface area (TPSA) is 40.7 Å². The zero-order chi connectivity index (χ0) is 19.1. The Morgan fingerprint density at radius 2 is 1.68 bits per heavy atom. The molecule has 1 heterocycles. The lowest BCUT2D eigenvalue weighted by Gasteiger charge is -2.13. The Hall–Kier alpha value is -3.05. The van der Waals surface area contributed by atoms with Crippen molar-refractivity contribution in [3.8, 4) is 11.1 Å². The van der Waals surface area contributed by atoms with Crippen molar-refractivity contribution in [2.45, 2.75) is 25.4 Å². The Morgan fingerprint density at radius 3 is 2.39 bits per heavy atom. The van der Waals surface area contributed by atoms with Gasteiger partial charge in [0, 0.05) is 12.6 Å². The van der Waals surface area contributed by atoms with Gasteiger partial charge in [-0.1, -0.05) is 30.3 Å². The summed E-state index contributed by atoms with van der Waals surface area (Å²) in [4.78, 5) is 7.11. The van der Waals surface area contributed by atoms with Gasteiger partial charge >= 0.3 is 0 Å². The monoisotopic (exact) mass is 375 g/mol. The lowest BCUT2D eigenvalue weighted by molar-refractivity contribution is 0.526. The molecule has 140 valence electrons. The quantitative estimate of drug-likeness (QED) is 0.540. The number of hydrogen-bond acceptors (Lipinski definition) is 2. The summed E-state index contributed by atoms with van der Waals surface area (Å²) in [5.74, 6) is -1.10. The van der Waals surface area contributed by atoms with E-state index in [0.29, 0.717) is 23.7 Å². The molecule has 1 aliphatic carbocycles. The van der Waals surface area contributed by atoms with Gasteiger partial charge in [0.2, 0.25) is 0 Å². The predicted octanol–water partition coefficient (Wildman–Crippen LogP) is 4.77. The SMILES string of the molecule is Fc1cc(CNC2Cc3ccccc3C2)cc(F)c1-c1ccc2nc[nH]c2c1. The zero-order valence-corrected chi connectivity index (χ0v) is 15.2. The molecule has 0 aliphatic heterocycles. The Kier molecular flexibility index (Phi) is 4.17. The molecule has 0 atom stereocenters. The maximum Gasteiger partial charge on any atom is 0.134 e. The van der Waals surface area contributed by atoms with Crippen LogP contribution in [0.15, 0.2) is 60.9 Å². The molecular formula is C23H19F2N3. The number of rotatable bonds is 4. The minimum absolute atomic E-state index is 0.00600. The third-order valence-corrected chi connectivity index (χ3v) is 5.46. The molecule has 3 aromatic carbocycles. The van der Waals surface area contributed by atoms with E-state index in [0.717, 1.165) is 23.9 Å². The first kappa shape index (κ1) is 17.1. The number of hydrogen-bond donors (Lipinski definition) is 2. The molecule has 0 unspecified atom stereocenters. The molecule has 5 rings (SSSR count). The first-order valence-electron chi connectivity index (χ1n) is 9.39. The van der Waals surface area contributed by atoms with Crippen LogP contribution in [0.5, 0.6) is 0 Å². The number of nitrogens with zero attached hydrogens (tertiary/aromatic N) is 1. The average molecular weight is 375 g/mol. The van der Waals surface area contributed by atoms with E-state index in [1.54, 1.807) is 24.5 Å². The van der Waals surface area contributed by atoms with Crippen molar-refractivity contribution in [3.63, 3.8) is 0 Å². The maximum absolute atomic E-state index is 14.7. The molecule has 1 aromatic heterocycles. The van der Waals surface area contributed by atoms with E-state index in [-0.39, 0.29) is 5.56 Å². The molecule has 28 heavy (non-hydrogen) atoms. The van der Waals surface area contributed by atoms with E-state index in [4.69, 9.17) is 0 Å². The molecule has 0 amide bonds. The average Bonchev–Trinajstić information content (AvgIpc) is 3.31. The van der Waals surface area contributed by atoms with Crippen molar-refractivity contribution in [3.05, 3.63) is 89.2 Å². The molecule has 5 heteroatoms. The molecule has 0 radical (unpaired) electrons. The van der Waals surface area contributed by atoms with Crippen LogP contribution in [0, 0.1) is 11.6 Å². The fourth-order valence-corrected chi connectivity index (χ4v) is 4.06. The van der Waals surface area contributed by atoms with Gasteiger partial charge in [-0.3, -0.25) is 0 Å². The third kappa shape index (κ3) is 3.08. The number of aromatic nitrogens is 2. The van der Waals surface area contributed by atoms with Crippen molar-refractivity contribution in [1.82, 2.24) is 15.3 Å². The largest absolute Gasteiger partial charge is 0.345 e. The number of halogens is 2. The zero-order valence-electron chi connectivity index (χ0n) is 15.2. The number of fused-ring (bicyclic) bond motifs is 2. The molecule has 4 aromatic rings. The summed E-state index contributed by atoms with van der Waals surface area (Å²) in [5.41, 5.74) is 5.32. The second kappa shape index (κ2) is 6.84. The molecule has 1 aliphatic rings. The normalized spacial score (nSPS) is 13.9. The Bertz CT molecular complexity index is 1120. The van der Waals surface area contributed by atoms with E-state index in [2.05, 4.69) is 27.4 Å².